The number of anilines is 1. The first-order valence-electron chi connectivity index (χ1n) is 8.68. The van der Waals surface area contributed by atoms with E-state index in [2.05, 4.69) is 5.32 Å². The number of methoxy groups -OCH3 is 1. The molecule has 1 saturated heterocycles. The Kier molecular flexibility index (Phi) is 5.73. The zero-order chi connectivity index (χ0) is 18.4. The molecule has 1 fully saturated rings. The number of hydrogen-bond acceptors (Lipinski definition) is 3. The minimum atomic E-state index is -0.137. The number of urea groups is 1. The quantitative estimate of drug-likeness (QED) is 0.831. The Bertz CT molecular complexity index is 747. The molecule has 0 aromatic heterocycles. The Morgan fingerprint density at radius 1 is 1.08 bits per heavy atom. The van der Waals surface area contributed by atoms with E-state index in [1.165, 1.54) is 0 Å². The molecule has 1 N–H and O–H groups in total. The standard InChI is InChI=1S/C20H23N3O3/c1-26-18-9-7-16(8-10-18)11-12-21-19(24)15-22-13-14-23(20(22)25)17-5-3-2-4-6-17/h2-10H,11-15H2,1H3,(H,21,24). The van der Waals surface area contributed by atoms with Crippen LogP contribution in [0.15, 0.2) is 54.6 Å². The zero-order valence-electron chi connectivity index (χ0n) is 14.9. The van der Waals surface area contributed by atoms with Crippen LogP contribution in [0.1, 0.15) is 5.56 Å². The van der Waals surface area contributed by atoms with Crippen molar-refractivity contribution < 1.29 is 14.3 Å². The second-order valence-electron chi connectivity index (χ2n) is 6.14. The van der Waals surface area contributed by atoms with Gasteiger partial charge in [-0.15, -0.1) is 0 Å². The molecule has 0 unspecified atom stereocenters. The number of nitrogens with zero attached hydrogens (tertiary/aromatic N) is 2. The van der Waals surface area contributed by atoms with E-state index in [0.717, 1.165) is 23.4 Å². The van der Waals surface area contributed by atoms with Gasteiger partial charge in [0.25, 0.3) is 0 Å². The molecule has 0 radical (unpaired) electrons. The molecule has 1 aliphatic heterocycles. The summed E-state index contributed by atoms with van der Waals surface area (Å²) in [5.41, 5.74) is 1.98. The molecule has 1 aliphatic rings. The van der Waals surface area contributed by atoms with Crippen molar-refractivity contribution in [2.75, 3.05) is 38.2 Å². The molecule has 0 aliphatic carbocycles. The Morgan fingerprint density at radius 3 is 2.50 bits per heavy atom. The lowest BCUT2D eigenvalue weighted by Gasteiger charge is -2.18. The summed E-state index contributed by atoms with van der Waals surface area (Å²) >= 11 is 0. The molecule has 3 rings (SSSR count). The van der Waals surface area contributed by atoms with E-state index in [9.17, 15) is 9.59 Å². The normalized spacial score (nSPS) is 13.8. The molecule has 0 bridgehead atoms. The molecule has 0 saturated carbocycles. The van der Waals surface area contributed by atoms with E-state index in [1.807, 2.05) is 54.6 Å². The van der Waals surface area contributed by atoms with E-state index in [4.69, 9.17) is 4.74 Å². The number of amides is 3. The van der Waals surface area contributed by atoms with E-state index in [1.54, 1.807) is 16.9 Å². The van der Waals surface area contributed by atoms with Gasteiger partial charge in [0, 0.05) is 25.3 Å². The third kappa shape index (κ3) is 4.33. The summed E-state index contributed by atoms with van der Waals surface area (Å²) in [6.07, 6.45) is 0.736. The van der Waals surface area contributed by atoms with Gasteiger partial charge >= 0.3 is 6.03 Å². The van der Waals surface area contributed by atoms with Crippen molar-refractivity contribution >= 4 is 17.6 Å². The van der Waals surface area contributed by atoms with Gasteiger partial charge in [0.1, 0.15) is 12.3 Å². The molecule has 1 heterocycles. The first-order valence-corrected chi connectivity index (χ1v) is 8.68. The fourth-order valence-electron chi connectivity index (χ4n) is 2.94. The lowest BCUT2D eigenvalue weighted by Crippen LogP contribution is -2.40. The van der Waals surface area contributed by atoms with Gasteiger partial charge in [-0.05, 0) is 36.2 Å². The molecular formula is C20H23N3O3. The van der Waals surface area contributed by atoms with Crippen molar-refractivity contribution in [1.82, 2.24) is 10.2 Å². The van der Waals surface area contributed by atoms with Gasteiger partial charge in [0.2, 0.25) is 5.91 Å². The number of benzene rings is 2. The van der Waals surface area contributed by atoms with Crippen LogP contribution in [0.3, 0.4) is 0 Å². The highest BCUT2D eigenvalue weighted by molar-refractivity contribution is 5.96. The maximum absolute atomic E-state index is 12.5. The summed E-state index contributed by atoms with van der Waals surface area (Å²) in [6, 6.07) is 17.1. The van der Waals surface area contributed by atoms with Crippen LogP contribution in [0.4, 0.5) is 10.5 Å². The van der Waals surface area contributed by atoms with Crippen LogP contribution in [0, 0.1) is 0 Å². The maximum Gasteiger partial charge on any atom is 0.325 e. The Hall–Kier alpha value is -3.02. The van der Waals surface area contributed by atoms with Crippen LogP contribution in [-0.4, -0.2) is 50.1 Å². The highest BCUT2D eigenvalue weighted by atomic mass is 16.5. The average Bonchev–Trinajstić information content (AvgIpc) is 3.03. The predicted octanol–water partition coefficient (Wildman–Crippen LogP) is 2.30. The number of ether oxygens (including phenoxy) is 1. The maximum atomic E-state index is 12.5. The van der Waals surface area contributed by atoms with Gasteiger partial charge in [0.15, 0.2) is 0 Å². The molecule has 3 amide bonds. The Labute approximate surface area is 153 Å². The molecule has 136 valence electrons. The van der Waals surface area contributed by atoms with Crippen molar-refractivity contribution in [3.05, 3.63) is 60.2 Å². The molecule has 2 aromatic carbocycles. The van der Waals surface area contributed by atoms with Crippen LogP contribution in [0.5, 0.6) is 5.75 Å². The minimum absolute atomic E-state index is 0.0881. The first-order chi connectivity index (χ1) is 12.7. The lowest BCUT2D eigenvalue weighted by molar-refractivity contribution is -0.121. The molecule has 26 heavy (non-hydrogen) atoms. The smallest absolute Gasteiger partial charge is 0.325 e. The van der Waals surface area contributed by atoms with E-state index in [0.29, 0.717) is 19.6 Å². The van der Waals surface area contributed by atoms with E-state index >= 15 is 0 Å². The number of rotatable bonds is 7. The molecule has 2 aromatic rings. The number of carbonyl (C=O) groups is 2. The third-order valence-corrected chi connectivity index (χ3v) is 4.39. The molecular weight excluding hydrogens is 330 g/mol. The van der Waals surface area contributed by atoms with Crippen LogP contribution in [-0.2, 0) is 11.2 Å². The van der Waals surface area contributed by atoms with Crippen molar-refractivity contribution in [2.45, 2.75) is 6.42 Å². The lowest BCUT2D eigenvalue weighted by atomic mass is 10.1. The van der Waals surface area contributed by atoms with Crippen molar-refractivity contribution in [3.63, 3.8) is 0 Å². The second-order valence-corrected chi connectivity index (χ2v) is 6.14. The summed E-state index contributed by atoms with van der Waals surface area (Å²) in [4.78, 5) is 27.9. The van der Waals surface area contributed by atoms with Gasteiger partial charge in [-0.3, -0.25) is 9.69 Å². The average molecular weight is 353 g/mol. The van der Waals surface area contributed by atoms with Crippen molar-refractivity contribution in [1.29, 1.82) is 0 Å². The fraction of sp³-hybridized carbons (Fsp3) is 0.300. The number of hydrogen-bond donors (Lipinski definition) is 1. The molecule has 6 heteroatoms. The topological polar surface area (TPSA) is 61.9 Å². The minimum Gasteiger partial charge on any atom is -0.497 e. The second kappa shape index (κ2) is 8.38. The van der Waals surface area contributed by atoms with Gasteiger partial charge < -0.3 is 15.0 Å². The van der Waals surface area contributed by atoms with Crippen LogP contribution in [0.25, 0.3) is 0 Å². The monoisotopic (exact) mass is 353 g/mol. The Morgan fingerprint density at radius 2 is 1.81 bits per heavy atom. The molecule has 0 atom stereocenters. The predicted molar refractivity (Wildman–Crippen MR) is 100 cm³/mol. The fourth-order valence-corrected chi connectivity index (χ4v) is 2.94. The van der Waals surface area contributed by atoms with Crippen LogP contribution < -0.4 is 15.0 Å². The van der Waals surface area contributed by atoms with E-state index in [-0.39, 0.29) is 18.5 Å². The SMILES string of the molecule is COc1ccc(CCNC(=O)CN2CCN(c3ccccc3)C2=O)cc1. The van der Waals surface area contributed by atoms with Crippen molar-refractivity contribution in [3.8, 4) is 5.75 Å². The van der Waals surface area contributed by atoms with E-state index < -0.39 is 0 Å². The highest BCUT2D eigenvalue weighted by Crippen LogP contribution is 2.19. The molecule has 6 nitrogen and oxygen atoms in total. The van der Waals surface area contributed by atoms with Crippen molar-refractivity contribution in [2.24, 2.45) is 0 Å². The van der Waals surface area contributed by atoms with Crippen LogP contribution in [0.2, 0.25) is 0 Å². The summed E-state index contributed by atoms with van der Waals surface area (Å²) in [5, 5.41) is 2.88. The zero-order valence-corrected chi connectivity index (χ0v) is 14.9. The highest BCUT2D eigenvalue weighted by Gasteiger charge is 2.30. The summed E-state index contributed by atoms with van der Waals surface area (Å²) in [6.45, 7) is 1.78. The number of carbonyl (C=O) groups excluding carboxylic acids is 2. The third-order valence-electron chi connectivity index (χ3n) is 4.39. The number of para-hydroxylation sites is 1. The summed E-state index contributed by atoms with van der Waals surface area (Å²) < 4.78 is 5.13. The first kappa shape index (κ1) is 17.8. The number of nitrogens with one attached hydrogen (secondary N) is 1. The van der Waals surface area contributed by atoms with Gasteiger partial charge in [0.05, 0.1) is 7.11 Å². The van der Waals surface area contributed by atoms with Gasteiger partial charge in [-0.25, -0.2) is 4.79 Å². The van der Waals surface area contributed by atoms with Gasteiger partial charge in [-0.2, -0.15) is 0 Å². The summed E-state index contributed by atoms with van der Waals surface area (Å²) in [5.74, 6) is 0.676. The van der Waals surface area contributed by atoms with Gasteiger partial charge in [-0.1, -0.05) is 30.3 Å². The van der Waals surface area contributed by atoms with Crippen LogP contribution >= 0.6 is 0 Å². The summed E-state index contributed by atoms with van der Waals surface area (Å²) in [7, 11) is 1.63. The molecule has 0 spiro atoms. The Balaban J connectivity index is 1.44. The largest absolute Gasteiger partial charge is 0.497 e.